The molecule has 0 heterocycles. The van der Waals surface area contributed by atoms with Gasteiger partial charge < -0.3 is 14.8 Å². The molecule has 104 valence electrons. The zero-order valence-electron chi connectivity index (χ0n) is 11.3. The fourth-order valence-electron chi connectivity index (χ4n) is 1.53. The minimum atomic E-state index is -0.529. The lowest BCUT2D eigenvalue weighted by Gasteiger charge is -2.06. The molecule has 0 bridgehead atoms. The van der Waals surface area contributed by atoms with Gasteiger partial charge in [-0.2, -0.15) is 0 Å². The molecule has 0 aliphatic rings. The molecular weight excluding hydrogens is 246 g/mol. The highest BCUT2D eigenvalue weighted by Gasteiger charge is 2.08. The third kappa shape index (κ3) is 5.90. The fraction of sp³-hybridized carbons (Fsp3) is 0.429. The fourth-order valence-corrected chi connectivity index (χ4v) is 1.53. The van der Waals surface area contributed by atoms with Crippen molar-refractivity contribution in [2.75, 3.05) is 20.3 Å². The Morgan fingerprint density at radius 3 is 2.47 bits per heavy atom. The normalized spacial score (nSPS) is 9.79. The molecule has 0 atom stereocenters. The number of methoxy groups -OCH3 is 1. The van der Waals surface area contributed by atoms with Crippen molar-refractivity contribution >= 4 is 11.9 Å². The van der Waals surface area contributed by atoms with Gasteiger partial charge in [0.15, 0.2) is 0 Å². The molecule has 1 N–H and O–H groups in total. The van der Waals surface area contributed by atoms with Gasteiger partial charge in [0.25, 0.3) is 0 Å². The van der Waals surface area contributed by atoms with Gasteiger partial charge >= 0.3 is 5.97 Å². The van der Waals surface area contributed by atoms with Crippen LogP contribution in [0.3, 0.4) is 0 Å². The number of esters is 1. The summed E-state index contributed by atoms with van der Waals surface area (Å²) in [4.78, 5) is 22.2. The van der Waals surface area contributed by atoms with Crippen molar-refractivity contribution in [1.82, 2.24) is 5.32 Å². The van der Waals surface area contributed by atoms with Gasteiger partial charge in [-0.25, -0.2) is 0 Å². The summed E-state index contributed by atoms with van der Waals surface area (Å²) < 4.78 is 9.75. The predicted octanol–water partition coefficient (Wildman–Crippen LogP) is 1.31. The Morgan fingerprint density at radius 2 is 1.89 bits per heavy atom. The largest absolute Gasteiger partial charge is 0.494 e. The first-order valence-corrected chi connectivity index (χ1v) is 6.21. The second-order valence-corrected chi connectivity index (χ2v) is 3.93. The van der Waals surface area contributed by atoms with Crippen LogP contribution in [0.2, 0.25) is 0 Å². The first-order valence-electron chi connectivity index (χ1n) is 6.21. The summed E-state index contributed by atoms with van der Waals surface area (Å²) in [6.07, 6.45) is 0.471. The maximum atomic E-state index is 11.3. The topological polar surface area (TPSA) is 64.6 Å². The lowest BCUT2D eigenvalue weighted by Crippen LogP contribution is -2.28. The average molecular weight is 265 g/mol. The van der Waals surface area contributed by atoms with E-state index in [0.717, 1.165) is 11.3 Å². The van der Waals surface area contributed by atoms with Gasteiger partial charge in [0.05, 0.1) is 13.7 Å². The van der Waals surface area contributed by atoms with Crippen LogP contribution < -0.4 is 10.1 Å². The molecule has 1 aromatic carbocycles. The highest BCUT2D eigenvalue weighted by Crippen LogP contribution is 2.12. The smallest absolute Gasteiger partial charge is 0.315 e. The van der Waals surface area contributed by atoms with Gasteiger partial charge in [0.1, 0.15) is 12.2 Å². The molecule has 5 heteroatoms. The average Bonchev–Trinajstić information content (AvgIpc) is 2.41. The molecule has 0 fully saturated rings. The Labute approximate surface area is 112 Å². The van der Waals surface area contributed by atoms with Gasteiger partial charge in [-0.05, 0) is 31.0 Å². The molecule has 0 unspecified atom stereocenters. The molecule has 0 spiro atoms. The van der Waals surface area contributed by atoms with Crippen molar-refractivity contribution in [2.45, 2.75) is 19.8 Å². The minimum Gasteiger partial charge on any atom is -0.494 e. The van der Waals surface area contributed by atoms with E-state index in [9.17, 15) is 9.59 Å². The monoisotopic (exact) mass is 265 g/mol. The SMILES string of the molecule is CCOc1ccc(CCNC(=O)CC(=O)OC)cc1. The number of carbonyl (C=O) groups excluding carboxylic acids is 2. The third-order valence-electron chi connectivity index (χ3n) is 2.50. The van der Waals surface area contributed by atoms with Gasteiger partial charge in [0, 0.05) is 6.54 Å². The number of ether oxygens (including phenoxy) is 2. The summed E-state index contributed by atoms with van der Waals surface area (Å²) in [7, 11) is 1.26. The zero-order chi connectivity index (χ0) is 14.1. The van der Waals surface area contributed by atoms with Gasteiger partial charge in [-0.3, -0.25) is 9.59 Å². The lowest BCUT2D eigenvalue weighted by atomic mass is 10.1. The van der Waals surface area contributed by atoms with E-state index < -0.39 is 5.97 Å². The van der Waals surface area contributed by atoms with Crippen LogP contribution in [0.25, 0.3) is 0 Å². The number of amides is 1. The van der Waals surface area contributed by atoms with Crippen molar-refractivity contribution in [3.63, 3.8) is 0 Å². The van der Waals surface area contributed by atoms with E-state index in [-0.39, 0.29) is 12.3 Å². The van der Waals surface area contributed by atoms with Crippen molar-refractivity contribution in [2.24, 2.45) is 0 Å². The van der Waals surface area contributed by atoms with E-state index in [2.05, 4.69) is 10.1 Å². The number of rotatable bonds is 7. The first kappa shape index (κ1) is 15.0. The van der Waals surface area contributed by atoms with E-state index in [4.69, 9.17) is 4.74 Å². The highest BCUT2D eigenvalue weighted by atomic mass is 16.5. The molecule has 0 saturated heterocycles. The van der Waals surface area contributed by atoms with Crippen LogP contribution in [0.5, 0.6) is 5.75 Å². The van der Waals surface area contributed by atoms with Gasteiger partial charge in [-0.1, -0.05) is 12.1 Å². The second-order valence-electron chi connectivity index (χ2n) is 3.93. The number of nitrogens with one attached hydrogen (secondary N) is 1. The van der Waals surface area contributed by atoms with Crippen molar-refractivity contribution in [3.8, 4) is 5.75 Å². The van der Waals surface area contributed by atoms with E-state index >= 15 is 0 Å². The summed E-state index contributed by atoms with van der Waals surface area (Å²) in [6.45, 7) is 3.07. The third-order valence-corrected chi connectivity index (χ3v) is 2.50. The van der Waals surface area contributed by atoms with Crippen LogP contribution in [-0.4, -0.2) is 32.1 Å². The highest BCUT2D eigenvalue weighted by molar-refractivity contribution is 5.94. The summed E-state index contributed by atoms with van der Waals surface area (Å²) in [5, 5.41) is 2.67. The van der Waals surface area contributed by atoms with Crippen molar-refractivity contribution in [1.29, 1.82) is 0 Å². The first-order chi connectivity index (χ1) is 9.15. The van der Waals surface area contributed by atoms with Crippen LogP contribution in [0, 0.1) is 0 Å². The van der Waals surface area contributed by atoms with E-state index in [0.29, 0.717) is 19.6 Å². The van der Waals surface area contributed by atoms with Gasteiger partial charge in [0.2, 0.25) is 5.91 Å². The quantitative estimate of drug-likeness (QED) is 0.596. The van der Waals surface area contributed by atoms with E-state index in [1.807, 2.05) is 31.2 Å². The standard InChI is InChI=1S/C14H19NO4/c1-3-19-12-6-4-11(5-7-12)8-9-15-13(16)10-14(17)18-2/h4-7H,3,8-10H2,1-2H3,(H,15,16). The number of hydrogen-bond acceptors (Lipinski definition) is 4. The minimum absolute atomic E-state index is 0.236. The molecule has 19 heavy (non-hydrogen) atoms. The van der Waals surface area contributed by atoms with Crippen LogP contribution >= 0.6 is 0 Å². The number of hydrogen-bond donors (Lipinski definition) is 1. The Kier molecular flexibility index (Phi) is 6.43. The molecule has 5 nitrogen and oxygen atoms in total. The predicted molar refractivity (Wildman–Crippen MR) is 71.0 cm³/mol. The molecule has 1 amide bonds. The van der Waals surface area contributed by atoms with Crippen LogP contribution in [-0.2, 0) is 20.7 Å². The summed E-state index contributed by atoms with van der Waals surface area (Å²) in [5.41, 5.74) is 1.10. The molecule has 1 rings (SSSR count). The maximum absolute atomic E-state index is 11.3. The van der Waals surface area contributed by atoms with Gasteiger partial charge in [-0.15, -0.1) is 0 Å². The van der Waals surface area contributed by atoms with Crippen LogP contribution in [0.15, 0.2) is 24.3 Å². The van der Waals surface area contributed by atoms with Crippen molar-refractivity contribution < 1.29 is 19.1 Å². The Hall–Kier alpha value is -2.04. The maximum Gasteiger partial charge on any atom is 0.315 e. The molecular formula is C14H19NO4. The summed E-state index contributed by atoms with van der Waals surface area (Å²) in [5.74, 6) is -0.0164. The molecule has 0 saturated carbocycles. The summed E-state index contributed by atoms with van der Waals surface area (Å²) in [6, 6.07) is 7.71. The summed E-state index contributed by atoms with van der Waals surface area (Å²) >= 11 is 0. The van der Waals surface area contributed by atoms with Crippen LogP contribution in [0.4, 0.5) is 0 Å². The Bertz CT molecular complexity index is 414. The number of carbonyl (C=O) groups is 2. The Balaban J connectivity index is 2.29. The zero-order valence-corrected chi connectivity index (χ0v) is 11.3. The van der Waals surface area contributed by atoms with Crippen LogP contribution in [0.1, 0.15) is 18.9 Å². The lowest BCUT2D eigenvalue weighted by molar-refractivity contribution is -0.143. The van der Waals surface area contributed by atoms with E-state index in [1.54, 1.807) is 0 Å². The molecule has 1 aromatic rings. The Morgan fingerprint density at radius 1 is 1.21 bits per heavy atom. The second kappa shape index (κ2) is 8.13. The molecule has 0 aromatic heterocycles. The molecule has 0 radical (unpaired) electrons. The molecule has 0 aliphatic carbocycles. The molecule has 0 aliphatic heterocycles. The van der Waals surface area contributed by atoms with E-state index in [1.165, 1.54) is 7.11 Å². The number of benzene rings is 1. The van der Waals surface area contributed by atoms with Crippen molar-refractivity contribution in [3.05, 3.63) is 29.8 Å².